The number of ether oxygens (including phenoxy) is 2. The lowest BCUT2D eigenvalue weighted by Crippen LogP contribution is -2.45. The van der Waals surface area contributed by atoms with E-state index < -0.39 is 6.04 Å². The minimum absolute atomic E-state index is 0.0463. The number of carbonyl (C=O) groups is 2. The van der Waals surface area contributed by atoms with Gasteiger partial charge in [0.2, 0.25) is 12.7 Å². The number of fused-ring (bicyclic) bond motifs is 4. The molecule has 0 spiro atoms. The molecule has 2 amide bonds. The van der Waals surface area contributed by atoms with E-state index in [-0.39, 0.29) is 25.0 Å². The van der Waals surface area contributed by atoms with Crippen molar-refractivity contribution in [1.82, 2.24) is 10.2 Å². The number of benzene rings is 3. The molecule has 6 rings (SSSR count). The van der Waals surface area contributed by atoms with Crippen molar-refractivity contribution in [2.75, 3.05) is 6.79 Å². The van der Waals surface area contributed by atoms with Gasteiger partial charge in [0.25, 0.3) is 5.91 Å². The largest absolute Gasteiger partial charge is 0.454 e. The third-order valence-corrected chi connectivity index (χ3v) is 7.43. The molecular formula is C27H21ClN4O4S. The van der Waals surface area contributed by atoms with E-state index in [4.69, 9.17) is 26.1 Å². The number of para-hydroxylation sites is 1. The maximum absolute atomic E-state index is 13.0. The molecule has 37 heavy (non-hydrogen) atoms. The summed E-state index contributed by atoms with van der Waals surface area (Å²) in [6.07, 6.45) is -0.0463. The topological polar surface area (TPSA) is 92.6 Å². The summed E-state index contributed by atoms with van der Waals surface area (Å²) < 4.78 is 10.7. The quantitative estimate of drug-likeness (QED) is 0.496. The number of nitrogens with one attached hydrogen (secondary N) is 1. The van der Waals surface area contributed by atoms with Crippen molar-refractivity contribution in [3.8, 4) is 11.5 Å². The van der Waals surface area contributed by atoms with Gasteiger partial charge in [-0.15, -0.1) is 0 Å². The van der Waals surface area contributed by atoms with Crippen molar-refractivity contribution in [2.24, 2.45) is 9.98 Å². The summed E-state index contributed by atoms with van der Waals surface area (Å²) in [6.45, 7) is 0.493. The zero-order chi connectivity index (χ0) is 25.4. The number of carbonyl (C=O) groups excluding carboxylic acids is 2. The van der Waals surface area contributed by atoms with Crippen molar-refractivity contribution >= 4 is 51.9 Å². The summed E-state index contributed by atoms with van der Waals surface area (Å²) in [4.78, 5) is 36.9. The molecule has 0 saturated heterocycles. The van der Waals surface area contributed by atoms with E-state index in [2.05, 4.69) is 10.3 Å². The first kappa shape index (κ1) is 23.6. The zero-order valence-corrected chi connectivity index (χ0v) is 21.1. The first-order valence-corrected chi connectivity index (χ1v) is 13.0. The van der Waals surface area contributed by atoms with Gasteiger partial charge in [-0.2, -0.15) is 4.99 Å². The molecule has 1 atom stereocenters. The summed E-state index contributed by atoms with van der Waals surface area (Å²) in [6, 6.07) is 19.9. The van der Waals surface area contributed by atoms with Crippen LogP contribution >= 0.6 is 23.4 Å². The Kier molecular flexibility index (Phi) is 6.31. The minimum Gasteiger partial charge on any atom is -0.454 e. The summed E-state index contributed by atoms with van der Waals surface area (Å²) in [7, 11) is 0. The Balaban J connectivity index is 1.19. The summed E-state index contributed by atoms with van der Waals surface area (Å²) in [5.74, 6) is 1.84. The van der Waals surface area contributed by atoms with Gasteiger partial charge in [0, 0.05) is 22.9 Å². The predicted octanol–water partition coefficient (Wildman–Crippen LogP) is 4.67. The van der Waals surface area contributed by atoms with Gasteiger partial charge in [0.05, 0.1) is 12.1 Å². The lowest BCUT2D eigenvalue weighted by Gasteiger charge is -2.30. The Bertz CT molecular complexity index is 1470. The fourth-order valence-electron chi connectivity index (χ4n) is 4.38. The number of halogens is 1. The molecule has 1 N–H and O–H groups in total. The average molecular weight is 533 g/mol. The molecule has 186 valence electrons. The van der Waals surface area contributed by atoms with E-state index in [9.17, 15) is 9.59 Å². The van der Waals surface area contributed by atoms with Crippen LogP contribution in [0.2, 0.25) is 5.02 Å². The molecule has 0 saturated carbocycles. The predicted molar refractivity (Wildman–Crippen MR) is 142 cm³/mol. The number of aliphatic imine (C=N–C) groups is 2. The maximum atomic E-state index is 13.0. The van der Waals surface area contributed by atoms with E-state index in [1.807, 2.05) is 66.7 Å². The number of rotatable bonds is 6. The standard InChI is InChI=1S/C27H21ClN4O4S/c28-18-5-3-4-17(10-18)14-37-27-30-20-7-2-1-6-19(20)25-31-26(34)21(32(25)27)12-24(33)29-13-16-8-9-22-23(11-16)36-15-35-22/h1-11,21H,12-15H2,(H,29,33). The first-order valence-electron chi connectivity index (χ1n) is 11.7. The molecule has 0 fully saturated rings. The van der Waals surface area contributed by atoms with Crippen LogP contribution in [0.4, 0.5) is 5.69 Å². The van der Waals surface area contributed by atoms with Crippen molar-refractivity contribution in [1.29, 1.82) is 0 Å². The third-order valence-electron chi connectivity index (χ3n) is 6.17. The van der Waals surface area contributed by atoms with Crippen LogP contribution in [0.15, 0.2) is 76.7 Å². The van der Waals surface area contributed by atoms with E-state index in [0.29, 0.717) is 39.8 Å². The van der Waals surface area contributed by atoms with Crippen molar-refractivity contribution < 1.29 is 19.1 Å². The molecule has 10 heteroatoms. The lowest BCUT2D eigenvalue weighted by atomic mass is 10.1. The SMILES string of the molecule is O=C(CC1C(=O)N=C2c3ccccc3N=C(SCc3cccc(Cl)c3)N21)NCc1ccc2c(c1)OCO2. The molecule has 0 radical (unpaired) electrons. The number of hydrogen-bond donors (Lipinski definition) is 1. The number of amidine groups is 2. The molecule has 1 unspecified atom stereocenters. The highest BCUT2D eigenvalue weighted by Crippen LogP contribution is 2.36. The Hall–Kier alpha value is -3.82. The van der Waals surface area contributed by atoms with Gasteiger partial charge >= 0.3 is 0 Å². The molecule has 0 aromatic heterocycles. The molecule has 3 aromatic rings. The molecule has 8 nitrogen and oxygen atoms in total. The van der Waals surface area contributed by atoms with E-state index in [1.165, 1.54) is 11.8 Å². The van der Waals surface area contributed by atoms with Crippen LogP contribution in [0.1, 0.15) is 23.1 Å². The van der Waals surface area contributed by atoms with Crippen molar-refractivity contribution in [2.45, 2.75) is 24.8 Å². The summed E-state index contributed by atoms with van der Waals surface area (Å²) >= 11 is 7.63. The fourth-order valence-corrected chi connectivity index (χ4v) is 5.58. The van der Waals surface area contributed by atoms with Gasteiger partial charge < -0.3 is 14.8 Å². The Morgan fingerprint density at radius 2 is 1.89 bits per heavy atom. The maximum Gasteiger partial charge on any atom is 0.271 e. The fraction of sp³-hybridized carbons (Fsp3) is 0.185. The molecule has 3 aliphatic rings. The van der Waals surface area contributed by atoms with Crippen LogP contribution in [0.25, 0.3) is 0 Å². The van der Waals surface area contributed by atoms with Crippen molar-refractivity contribution in [3.05, 3.63) is 88.4 Å². The van der Waals surface area contributed by atoms with Gasteiger partial charge in [0.15, 0.2) is 16.7 Å². The summed E-state index contributed by atoms with van der Waals surface area (Å²) in [5.41, 5.74) is 3.41. The van der Waals surface area contributed by atoms with Crippen LogP contribution < -0.4 is 14.8 Å². The van der Waals surface area contributed by atoms with Crippen LogP contribution in [-0.4, -0.2) is 40.6 Å². The van der Waals surface area contributed by atoms with E-state index >= 15 is 0 Å². The minimum atomic E-state index is -0.772. The third kappa shape index (κ3) is 4.80. The zero-order valence-electron chi connectivity index (χ0n) is 19.5. The van der Waals surface area contributed by atoms with Gasteiger partial charge in [-0.3, -0.25) is 14.5 Å². The highest BCUT2D eigenvalue weighted by Gasteiger charge is 2.42. The molecule has 0 bridgehead atoms. The second-order valence-electron chi connectivity index (χ2n) is 8.66. The molecule has 3 aromatic carbocycles. The normalized spacial score (nSPS) is 17.2. The number of thioether (sulfide) groups is 1. The van der Waals surface area contributed by atoms with Crippen LogP contribution in [0.3, 0.4) is 0 Å². The van der Waals surface area contributed by atoms with Gasteiger partial charge in [-0.25, -0.2) is 4.99 Å². The second-order valence-corrected chi connectivity index (χ2v) is 10.0. The lowest BCUT2D eigenvalue weighted by molar-refractivity contribution is -0.126. The monoisotopic (exact) mass is 532 g/mol. The van der Waals surface area contributed by atoms with E-state index in [1.54, 1.807) is 4.90 Å². The Labute approximate surface area is 222 Å². The second kappa shape index (κ2) is 9.91. The molecule has 0 aliphatic carbocycles. The average Bonchev–Trinajstić information content (AvgIpc) is 3.50. The molecule has 3 heterocycles. The van der Waals surface area contributed by atoms with Crippen molar-refractivity contribution in [3.63, 3.8) is 0 Å². The number of nitrogens with zero attached hydrogens (tertiary/aromatic N) is 3. The Morgan fingerprint density at radius 1 is 1.03 bits per heavy atom. The van der Waals surface area contributed by atoms with Gasteiger partial charge in [-0.1, -0.05) is 53.7 Å². The van der Waals surface area contributed by atoms with Gasteiger partial charge in [-0.05, 0) is 47.5 Å². The van der Waals surface area contributed by atoms with Crippen LogP contribution in [-0.2, 0) is 21.9 Å². The Morgan fingerprint density at radius 3 is 2.78 bits per heavy atom. The molecule has 3 aliphatic heterocycles. The van der Waals surface area contributed by atoms with Gasteiger partial charge in [0.1, 0.15) is 11.9 Å². The highest BCUT2D eigenvalue weighted by molar-refractivity contribution is 8.13. The first-order chi connectivity index (χ1) is 18.0. The summed E-state index contributed by atoms with van der Waals surface area (Å²) in [5, 5.41) is 4.18. The molecular weight excluding hydrogens is 512 g/mol. The highest BCUT2D eigenvalue weighted by atomic mass is 35.5. The van der Waals surface area contributed by atoms with Crippen LogP contribution in [0.5, 0.6) is 11.5 Å². The number of hydrogen-bond acceptors (Lipinski definition) is 7. The van der Waals surface area contributed by atoms with Crippen LogP contribution in [0, 0.1) is 0 Å². The van der Waals surface area contributed by atoms with E-state index in [0.717, 1.165) is 22.4 Å². The number of amides is 2. The smallest absolute Gasteiger partial charge is 0.271 e.